The molecule has 0 saturated carbocycles. The number of carbonyl (C=O) groups excluding carboxylic acids is 1. The van der Waals surface area contributed by atoms with Gasteiger partial charge in [0.1, 0.15) is 5.82 Å². The van der Waals surface area contributed by atoms with E-state index in [-0.39, 0.29) is 17.7 Å². The molecule has 3 rings (SSSR count). The van der Waals surface area contributed by atoms with E-state index in [1.165, 1.54) is 0 Å². The summed E-state index contributed by atoms with van der Waals surface area (Å²) in [4.78, 5) is 19.1. The van der Waals surface area contributed by atoms with Crippen molar-refractivity contribution in [2.24, 2.45) is 0 Å². The van der Waals surface area contributed by atoms with Gasteiger partial charge in [-0.2, -0.15) is 5.10 Å². The molecule has 134 valence electrons. The lowest BCUT2D eigenvalue weighted by atomic mass is 10.0. The number of nitrogens with zero attached hydrogens (tertiary/aromatic N) is 4. The van der Waals surface area contributed by atoms with Gasteiger partial charge < -0.3 is 15.0 Å². The molecular formula is C17H29N5O2. The fraction of sp³-hybridized carbons (Fsp3) is 0.824. The second-order valence-electron chi connectivity index (χ2n) is 7.48. The van der Waals surface area contributed by atoms with Gasteiger partial charge >= 0.3 is 6.03 Å². The second-order valence-corrected chi connectivity index (χ2v) is 7.48. The predicted molar refractivity (Wildman–Crippen MR) is 91.0 cm³/mol. The van der Waals surface area contributed by atoms with E-state index in [9.17, 15) is 4.79 Å². The van der Waals surface area contributed by atoms with Crippen LogP contribution in [0.15, 0.2) is 0 Å². The Morgan fingerprint density at radius 1 is 1.50 bits per heavy atom. The molecule has 0 radical (unpaired) electrons. The zero-order valence-corrected chi connectivity index (χ0v) is 15.2. The number of aromatic nitrogens is 3. The van der Waals surface area contributed by atoms with Crippen LogP contribution in [0.25, 0.3) is 0 Å². The molecule has 1 aromatic heterocycles. The highest BCUT2D eigenvalue weighted by Gasteiger charge is 2.33. The molecule has 7 heteroatoms. The lowest BCUT2D eigenvalue weighted by Crippen LogP contribution is -2.56. The van der Waals surface area contributed by atoms with Crippen LogP contribution in [0.3, 0.4) is 0 Å². The van der Waals surface area contributed by atoms with Crippen molar-refractivity contribution in [1.82, 2.24) is 25.0 Å². The van der Waals surface area contributed by atoms with E-state index < -0.39 is 0 Å². The van der Waals surface area contributed by atoms with Crippen molar-refractivity contribution in [1.29, 1.82) is 0 Å². The van der Waals surface area contributed by atoms with Crippen LogP contribution < -0.4 is 5.32 Å². The average molecular weight is 335 g/mol. The summed E-state index contributed by atoms with van der Waals surface area (Å²) < 4.78 is 7.77. The number of urea groups is 1. The molecule has 0 spiro atoms. The van der Waals surface area contributed by atoms with E-state index in [4.69, 9.17) is 4.74 Å². The Balaban J connectivity index is 1.59. The number of amides is 2. The lowest BCUT2D eigenvalue weighted by molar-refractivity contribution is -0.0875. The zero-order chi connectivity index (χ0) is 17.3. The third-order valence-corrected chi connectivity index (χ3v) is 5.09. The third-order valence-electron chi connectivity index (χ3n) is 5.09. The topological polar surface area (TPSA) is 72.3 Å². The molecule has 3 heterocycles. The molecule has 1 fully saturated rings. The van der Waals surface area contributed by atoms with Crippen LogP contribution in [0.1, 0.15) is 58.1 Å². The number of morpholine rings is 1. The first-order valence-corrected chi connectivity index (χ1v) is 9.03. The number of aryl methyl sites for hydroxylation is 1. The van der Waals surface area contributed by atoms with Gasteiger partial charge in [-0.05, 0) is 19.8 Å². The molecule has 2 amide bonds. The number of fused-ring (bicyclic) bond motifs is 1. The molecular weight excluding hydrogens is 306 g/mol. The molecule has 1 aromatic rings. The van der Waals surface area contributed by atoms with E-state index in [1.807, 2.05) is 9.58 Å². The van der Waals surface area contributed by atoms with Crippen LogP contribution >= 0.6 is 0 Å². The Hall–Kier alpha value is -1.63. The quantitative estimate of drug-likeness (QED) is 0.916. The van der Waals surface area contributed by atoms with Gasteiger partial charge in [-0.15, -0.1) is 0 Å². The first-order chi connectivity index (χ1) is 11.4. The van der Waals surface area contributed by atoms with Crippen LogP contribution in [-0.4, -0.2) is 57.0 Å². The van der Waals surface area contributed by atoms with Gasteiger partial charge in [0.25, 0.3) is 0 Å². The van der Waals surface area contributed by atoms with Crippen LogP contribution in [0, 0.1) is 0 Å². The average Bonchev–Trinajstić information content (AvgIpc) is 2.98. The summed E-state index contributed by atoms with van der Waals surface area (Å²) >= 11 is 0. The van der Waals surface area contributed by atoms with Crippen LogP contribution in [0.5, 0.6) is 0 Å². The van der Waals surface area contributed by atoms with Crippen molar-refractivity contribution in [3.8, 4) is 0 Å². The second kappa shape index (κ2) is 6.70. The molecule has 2 aliphatic rings. The van der Waals surface area contributed by atoms with Crippen LogP contribution in [0.2, 0.25) is 0 Å². The van der Waals surface area contributed by atoms with Gasteiger partial charge in [-0.25, -0.2) is 14.5 Å². The largest absolute Gasteiger partial charge is 0.372 e. The Bertz CT molecular complexity index is 600. The Labute approximate surface area is 143 Å². The molecule has 0 aromatic carbocycles. The van der Waals surface area contributed by atoms with Crippen LogP contribution in [-0.2, 0) is 17.7 Å². The van der Waals surface area contributed by atoms with Gasteiger partial charge in [0, 0.05) is 18.9 Å². The highest BCUT2D eigenvalue weighted by Crippen LogP contribution is 2.22. The highest BCUT2D eigenvalue weighted by atomic mass is 16.5. The fourth-order valence-corrected chi connectivity index (χ4v) is 3.27. The molecule has 2 atom stereocenters. The normalized spacial score (nSPS) is 27.2. The Morgan fingerprint density at radius 3 is 3.00 bits per heavy atom. The van der Waals surface area contributed by atoms with Crippen molar-refractivity contribution in [3.63, 3.8) is 0 Å². The number of carbonyl (C=O) groups is 1. The number of hydrogen-bond acceptors (Lipinski definition) is 4. The maximum Gasteiger partial charge on any atom is 0.317 e. The van der Waals surface area contributed by atoms with Crippen molar-refractivity contribution in [2.75, 3.05) is 19.7 Å². The number of nitrogens with one attached hydrogen (secondary N) is 1. The number of ether oxygens (including phenoxy) is 1. The number of rotatable bonds is 3. The summed E-state index contributed by atoms with van der Waals surface area (Å²) in [5.74, 6) is 2.26. The first-order valence-electron chi connectivity index (χ1n) is 9.03. The summed E-state index contributed by atoms with van der Waals surface area (Å²) in [6, 6.07) is 0.123. The monoisotopic (exact) mass is 335 g/mol. The van der Waals surface area contributed by atoms with Crippen molar-refractivity contribution in [3.05, 3.63) is 11.6 Å². The molecule has 0 bridgehead atoms. The minimum absolute atomic E-state index is 0.00984. The van der Waals surface area contributed by atoms with E-state index in [0.29, 0.717) is 32.2 Å². The summed E-state index contributed by atoms with van der Waals surface area (Å²) in [5, 5.41) is 7.75. The maximum atomic E-state index is 12.6. The van der Waals surface area contributed by atoms with E-state index >= 15 is 0 Å². The van der Waals surface area contributed by atoms with Gasteiger partial charge in [0.2, 0.25) is 0 Å². The molecule has 7 nitrogen and oxygen atoms in total. The molecule has 1 N–H and O–H groups in total. The van der Waals surface area contributed by atoms with Gasteiger partial charge in [-0.1, -0.05) is 20.8 Å². The number of hydrogen-bond donors (Lipinski definition) is 1. The van der Waals surface area contributed by atoms with Crippen LogP contribution in [0.4, 0.5) is 4.79 Å². The molecule has 1 saturated heterocycles. The van der Waals surface area contributed by atoms with Gasteiger partial charge in [0.05, 0.1) is 31.3 Å². The van der Waals surface area contributed by atoms with E-state index in [1.54, 1.807) is 0 Å². The third kappa shape index (κ3) is 3.55. The Kier molecular flexibility index (Phi) is 4.80. The molecule has 24 heavy (non-hydrogen) atoms. The van der Waals surface area contributed by atoms with E-state index in [2.05, 4.69) is 43.1 Å². The minimum Gasteiger partial charge on any atom is -0.372 e. The smallest absolute Gasteiger partial charge is 0.317 e. The standard InChI is InChI=1S/C17H29N5O2/c1-5-17(4)11-21(8-9-24-17)16(23)18-13-6-7-14-19-15(12(2)3)20-22(14)10-13/h12-13H,5-11H2,1-4H3,(H,18,23)/t13-,17-/m0/s1. The fourth-order valence-electron chi connectivity index (χ4n) is 3.27. The van der Waals surface area contributed by atoms with Gasteiger partial charge in [0.15, 0.2) is 5.82 Å². The van der Waals surface area contributed by atoms with Gasteiger partial charge in [-0.3, -0.25) is 0 Å². The summed E-state index contributed by atoms with van der Waals surface area (Å²) in [7, 11) is 0. The van der Waals surface area contributed by atoms with Crippen molar-refractivity contribution >= 4 is 6.03 Å². The minimum atomic E-state index is -0.229. The predicted octanol–water partition coefficient (Wildman–Crippen LogP) is 1.93. The SMILES string of the molecule is CC[C@@]1(C)CN(C(=O)N[C@H]2CCc3nc(C(C)C)nn3C2)CCO1. The summed E-state index contributed by atoms with van der Waals surface area (Å²) in [6.45, 7) is 11.0. The van der Waals surface area contributed by atoms with E-state index in [0.717, 1.165) is 30.9 Å². The Morgan fingerprint density at radius 2 is 2.29 bits per heavy atom. The molecule has 0 unspecified atom stereocenters. The molecule has 2 aliphatic heterocycles. The molecule has 0 aliphatic carbocycles. The maximum absolute atomic E-state index is 12.6. The summed E-state index contributed by atoms with van der Waals surface area (Å²) in [6.07, 6.45) is 2.68. The zero-order valence-electron chi connectivity index (χ0n) is 15.2. The lowest BCUT2D eigenvalue weighted by Gasteiger charge is -2.40. The summed E-state index contributed by atoms with van der Waals surface area (Å²) in [5.41, 5.74) is -0.229. The van der Waals surface area contributed by atoms with Crippen molar-refractivity contribution < 1.29 is 9.53 Å². The highest BCUT2D eigenvalue weighted by molar-refractivity contribution is 5.74. The first kappa shape index (κ1) is 17.2. The van der Waals surface area contributed by atoms with Crippen molar-refractivity contribution in [2.45, 2.75) is 71.1 Å².